The van der Waals surface area contributed by atoms with Crippen molar-refractivity contribution in [2.24, 2.45) is 5.84 Å². The van der Waals surface area contributed by atoms with E-state index in [2.05, 4.69) is 30.6 Å². The van der Waals surface area contributed by atoms with Crippen molar-refractivity contribution in [3.63, 3.8) is 0 Å². The van der Waals surface area contributed by atoms with Crippen LogP contribution in [0.3, 0.4) is 0 Å². The molecule has 1 aliphatic rings. The van der Waals surface area contributed by atoms with Crippen LogP contribution >= 0.6 is 23.1 Å². The van der Waals surface area contributed by atoms with Crippen molar-refractivity contribution < 1.29 is 4.74 Å². The molecule has 3 rings (SSSR count). The molecule has 0 aliphatic carbocycles. The minimum absolute atomic E-state index is 0.329. The summed E-state index contributed by atoms with van der Waals surface area (Å²) in [5, 5.41) is 9.47. The largest absolute Gasteiger partial charge is 0.378 e. The lowest BCUT2D eigenvalue weighted by atomic mass is 10.4. The number of hydrazine groups is 1. The van der Waals surface area contributed by atoms with E-state index in [1.807, 2.05) is 11.8 Å². The Morgan fingerprint density at radius 1 is 1.24 bits per heavy atom. The summed E-state index contributed by atoms with van der Waals surface area (Å²) in [5.41, 5.74) is 2.47. The van der Waals surface area contributed by atoms with Crippen LogP contribution in [0.1, 0.15) is 5.01 Å². The van der Waals surface area contributed by atoms with Gasteiger partial charge in [-0.3, -0.25) is 5.43 Å². The number of hydrogen-bond acceptors (Lipinski definition) is 11. The number of anilines is 2. The molecule has 0 aromatic carbocycles. The number of nitrogen functional groups attached to an aromatic ring is 1. The fourth-order valence-electron chi connectivity index (χ4n) is 1.76. The van der Waals surface area contributed by atoms with Crippen molar-refractivity contribution in [3.05, 3.63) is 5.01 Å². The van der Waals surface area contributed by atoms with Gasteiger partial charge in [-0.25, -0.2) is 5.84 Å². The van der Waals surface area contributed by atoms with Gasteiger partial charge in [0, 0.05) is 13.1 Å². The number of aryl methyl sites for hydroxylation is 1. The second-order valence-corrected chi connectivity index (χ2v) is 6.57. The summed E-state index contributed by atoms with van der Waals surface area (Å²) in [4.78, 5) is 15.0. The smallest absolute Gasteiger partial charge is 0.242 e. The molecule has 1 fully saturated rings. The lowest BCUT2D eigenvalue weighted by Gasteiger charge is -2.26. The molecule has 112 valence electrons. The highest BCUT2D eigenvalue weighted by atomic mass is 32.2. The van der Waals surface area contributed by atoms with Gasteiger partial charge in [-0.2, -0.15) is 15.0 Å². The zero-order valence-electron chi connectivity index (χ0n) is 11.3. The third-order valence-electron chi connectivity index (χ3n) is 2.71. The monoisotopic (exact) mass is 326 g/mol. The summed E-state index contributed by atoms with van der Waals surface area (Å²) in [7, 11) is 0. The number of nitrogens with zero attached hydrogens (tertiary/aromatic N) is 6. The normalized spacial score (nSPS) is 15.2. The Morgan fingerprint density at radius 2 is 2.05 bits per heavy atom. The number of aromatic nitrogens is 5. The van der Waals surface area contributed by atoms with Crippen LogP contribution in [0, 0.1) is 6.92 Å². The van der Waals surface area contributed by atoms with E-state index in [-0.39, 0.29) is 0 Å². The van der Waals surface area contributed by atoms with Gasteiger partial charge in [-0.1, -0.05) is 11.3 Å². The zero-order valence-corrected chi connectivity index (χ0v) is 12.9. The summed E-state index contributed by atoms with van der Waals surface area (Å²) < 4.78 is 6.12. The first-order chi connectivity index (χ1) is 10.2. The molecule has 1 aliphatic heterocycles. The number of hydrogen-bond donors (Lipinski definition) is 2. The van der Waals surface area contributed by atoms with E-state index in [4.69, 9.17) is 10.6 Å². The number of morpholine rings is 1. The Hall–Kier alpha value is -1.56. The molecule has 0 saturated carbocycles. The van der Waals surface area contributed by atoms with Crippen LogP contribution in [0.15, 0.2) is 9.50 Å². The van der Waals surface area contributed by atoms with Gasteiger partial charge in [-0.05, 0) is 18.7 Å². The van der Waals surface area contributed by atoms with Gasteiger partial charge < -0.3 is 9.64 Å². The zero-order chi connectivity index (χ0) is 14.7. The van der Waals surface area contributed by atoms with Gasteiger partial charge in [0.05, 0.1) is 13.2 Å². The second-order valence-electron chi connectivity index (χ2n) is 4.17. The average molecular weight is 326 g/mol. The highest BCUT2D eigenvalue weighted by molar-refractivity contribution is 8.00. The summed E-state index contributed by atoms with van der Waals surface area (Å²) in [6.07, 6.45) is 0. The van der Waals surface area contributed by atoms with Gasteiger partial charge in [0.1, 0.15) is 5.01 Å². The molecule has 2 aromatic heterocycles. The lowest BCUT2D eigenvalue weighted by molar-refractivity contribution is 0.122. The third kappa shape index (κ3) is 3.56. The van der Waals surface area contributed by atoms with Crippen molar-refractivity contribution in [1.82, 2.24) is 25.1 Å². The van der Waals surface area contributed by atoms with E-state index < -0.39 is 0 Å². The van der Waals surface area contributed by atoms with Crippen LogP contribution in [0.25, 0.3) is 0 Å². The molecular formula is C10H14N8OS2. The highest BCUT2D eigenvalue weighted by Gasteiger charge is 2.17. The van der Waals surface area contributed by atoms with Gasteiger partial charge in [0.15, 0.2) is 4.34 Å². The molecule has 0 radical (unpaired) electrons. The quantitative estimate of drug-likeness (QED) is 0.600. The van der Waals surface area contributed by atoms with Crippen molar-refractivity contribution >= 4 is 35.0 Å². The molecule has 0 unspecified atom stereocenters. The van der Waals surface area contributed by atoms with Crippen LogP contribution in [0.4, 0.5) is 11.9 Å². The minimum Gasteiger partial charge on any atom is -0.378 e. The summed E-state index contributed by atoms with van der Waals surface area (Å²) in [6.45, 7) is 4.72. The molecule has 3 N–H and O–H groups in total. The first-order valence-electron chi connectivity index (χ1n) is 6.28. The molecule has 21 heavy (non-hydrogen) atoms. The second kappa shape index (κ2) is 6.47. The van der Waals surface area contributed by atoms with Crippen molar-refractivity contribution in [1.29, 1.82) is 0 Å². The van der Waals surface area contributed by atoms with Crippen molar-refractivity contribution in [2.75, 3.05) is 36.6 Å². The van der Waals surface area contributed by atoms with Crippen LogP contribution in [-0.4, -0.2) is 51.5 Å². The number of nitrogens with one attached hydrogen (secondary N) is 1. The molecule has 2 aromatic rings. The fraction of sp³-hybridized carbons (Fsp3) is 0.500. The van der Waals surface area contributed by atoms with E-state index >= 15 is 0 Å². The summed E-state index contributed by atoms with van der Waals surface area (Å²) >= 11 is 2.84. The topological polar surface area (TPSA) is 115 Å². The van der Waals surface area contributed by atoms with Gasteiger partial charge in [0.2, 0.25) is 17.1 Å². The van der Waals surface area contributed by atoms with Crippen LogP contribution < -0.4 is 16.2 Å². The Labute approximate surface area is 129 Å². The summed E-state index contributed by atoms with van der Waals surface area (Å²) in [5.74, 6) is 6.35. The standard InChI is InChI=1S/C10H14N8OS2/c1-6-16-17-10(20-6)21-9-13-7(15-11)12-8(14-9)18-2-4-19-5-3-18/h2-5,11H2,1H3,(H,12,13,14,15). The van der Waals surface area contributed by atoms with Crippen molar-refractivity contribution in [3.8, 4) is 0 Å². The predicted molar refractivity (Wildman–Crippen MR) is 79.4 cm³/mol. The summed E-state index contributed by atoms with van der Waals surface area (Å²) in [6, 6.07) is 0. The lowest BCUT2D eigenvalue weighted by Crippen LogP contribution is -2.37. The molecule has 11 heteroatoms. The minimum atomic E-state index is 0.329. The van der Waals surface area contributed by atoms with E-state index in [1.54, 1.807) is 0 Å². The average Bonchev–Trinajstić information content (AvgIpc) is 2.93. The molecule has 1 saturated heterocycles. The van der Waals surface area contributed by atoms with Crippen LogP contribution in [0.5, 0.6) is 0 Å². The van der Waals surface area contributed by atoms with E-state index in [1.165, 1.54) is 23.1 Å². The molecule has 0 atom stereocenters. The number of rotatable bonds is 4. The molecule has 0 amide bonds. The first kappa shape index (κ1) is 14.4. The van der Waals surface area contributed by atoms with E-state index in [0.29, 0.717) is 30.3 Å². The predicted octanol–water partition coefficient (Wildman–Crippen LogP) is 0.305. The Kier molecular flexibility index (Phi) is 4.43. The van der Waals surface area contributed by atoms with Gasteiger partial charge in [-0.15, -0.1) is 10.2 Å². The Morgan fingerprint density at radius 3 is 2.71 bits per heavy atom. The molecule has 0 spiro atoms. The van der Waals surface area contributed by atoms with Gasteiger partial charge >= 0.3 is 0 Å². The van der Waals surface area contributed by atoms with Gasteiger partial charge in [0.25, 0.3) is 0 Å². The van der Waals surface area contributed by atoms with Crippen molar-refractivity contribution in [2.45, 2.75) is 16.4 Å². The maximum absolute atomic E-state index is 5.43. The number of nitrogens with two attached hydrogens (primary N) is 1. The number of ether oxygens (including phenoxy) is 1. The first-order valence-corrected chi connectivity index (χ1v) is 7.91. The maximum Gasteiger partial charge on any atom is 0.242 e. The third-order valence-corrected chi connectivity index (χ3v) is 4.47. The fourth-order valence-corrected chi connectivity index (χ4v) is 3.42. The highest BCUT2D eigenvalue weighted by Crippen LogP contribution is 2.28. The van der Waals surface area contributed by atoms with Crippen LogP contribution in [-0.2, 0) is 4.74 Å². The molecular weight excluding hydrogens is 312 g/mol. The maximum atomic E-state index is 5.43. The Balaban J connectivity index is 1.85. The molecule has 0 bridgehead atoms. The Bertz CT molecular complexity index is 615. The SMILES string of the molecule is Cc1nnc(Sc2nc(NN)nc(N3CCOCC3)n2)s1. The molecule has 3 heterocycles. The molecule has 9 nitrogen and oxygen atoms in total. The van der Waals surface area contributed by atoms with Crippen LogP contribution in [0.2, 0.25) is 0 Å². The van der Waals surface area contributed by atoms with E-state index in [9.17, 15) is 0 Å². The van der Waals surface area contributed by atoms with E-state index in [0.717, 1.165) is 22.4 Å².